The molecular weight excluding hydrogens is 430 g/mol. The zero-order chi connectivity index (χ0) is 24.2. The number of hydrogen-bond acceptors (Lipinski definition) is 6. The van der Waals surface area contributed by atoms with Crippen molar-refractivity contribution in [1.29, 1.82) is 0 Å². The van der Waals surface area contributed by atoms with Crippen molar-refractivity contribution in [3.8, 4) is 22.3 Å². The second-order valence-electron chi connectivity index (χ2n) is 8.14. The molecule has 4 aromatic heterocycles. The van der Waals surface area contributed by atoms with Gasteiger partial charge in [0.15, 0.2) is 0 Å². The van der Waals surface area contributed by atoms with Crippen LogP contribution in [0.2, 0.25) is 0 Å². The van der Waals surface area contributed by atoms with Gasteiger partial charge in [0.2, 0.25) is 5.91 Å². The van der Waals surface area contributed by atoms with E-state index in [0.717, 1.165) is 45.2 Å². The van der Waals surface area contributed by atoms with E-state index in [1.54, 1.807) is 29.2 Å². The van der Waals surface area contributed by atoms with Crippen molar-refractivity contribution >= 4 is 28.4 Å². The number of carbonyl (C=O) groups is 1. The van der Waals surface area contributed by atoms with Gasteiger partial charge < -0.3 is 25.1 Å². The monoisotopic (exact) mass is 457 g/mol. The fourth-order valence-corrected chi connectivity index (χ4v) is 3.68. The molecule has 0 spiro atoms. The SMILES string of the molecule is C=CC(=O)Nc1cc(-c2cnc3[nH]cc(-c4ccnc(NC)c4)c3c2)cn(CCN(C)C)c1=O. The van der Waals surface area contributed by atoms with Crippen molar-refractivity contribution in [3.05, 3.63) is 72.1 Å². The molecule has 0 aliphatic carbocycles. The van der Waals surface area contributed by atoms with Crippen LogP contribution >= 0.6 is 0 Å². The lowest BCUT2D eigenvalue weighted by Crippen LogP contribution is -2.29. The summed E-state index contributed by atoms with van der Waals surface area (Å²) >= 11 is 0. The molecule has 9 nitrogen and oxygen atoms in total. The zero-order valence-electron chi connectivity index (χ0n) is 19.4. The molecule has 0 bridgehead atoms. The van der Waals surface area contributed by atoms with E-state index in [9.17, 15) is 9.59 Å². The third kappa shape index (κ3) is 4.74. The number of amides is 1. The van der Waals surface area contributed by atoms with Gasteiger partial charge in [-0.2, -0.15) is 0 Å². The molecule has 0 saturated heterocycles. The smallest absolute Gasteiger partial charge is 0.274 e. The van der Waals surface area contributed by atoms with Crippen molar-refractivity contribution < 1.29 is 4.79 Å². The lowest BCUT2D eigenvalue weighted by Gasteiger charge is -2.15. The van der Waals surface area contributed by atoms with Gasteiger partial charge in [-0.15, -0.1) is 0 Å². The van der Waals surface area contributed by atoms with Crippen LogP contribution in [0.1, 0.15) is 0 Å². The molecule has 0 aliphatic heterocycles. The average molecular weight is 458 g/mol. The number of hydrogen-bond donors (Lipinski definition) is 3. The van der Waals surface area contributed by atoms with E-state index in [1.165, 1.54) is 0 Å². The van der Waals surface area contributed by atoms with Crippen molar-refractivity contribution in [2.24, 2.45) is 0 Å². The van der Waals surface area contributed by atoms with Crippen molar-refractivity contribution in [3.63, 3.8) is 0 Å². The maximum absolute atomic E-state index is 12.9. The fourth-order valence-electron chi connectivity index (χ4n) is 3.68. The van der Waals surface area contributed by atoms with E-state index < -0.39 is 5.91 Å². The fraction of sp³-hybridized carbons (Fsp3) is 0.200. The Kier molecular flexibility index (Phi) is 6.55. The molecule has 0 atom stereocenters. The molecule has 0 aromatic carbocycles. The van der Waals surface area contributed by atoms with E-state index in [0.29, 0.717) is 13.1 Å². The zero-order valence-corrected chi connectivity index (χ0v) is 19.4. The van der Waals surface area contributed by atoms with Gasteiger partial charge in [-0.1, -0.05) is 6.58 Å². The Balaban J connectivity index is 1.83. The Bertz CT molecular complexity index is 1420. The van der Waals surface area contributed by atoms with E-state index in [1.807, 2.05) is 50.4 Å². The maximum Gasteiger partial charge on any atom is 0.274 e. The molecule has 3 N–H and O–H groups in total. The molecule has 0 unspecified atom stereocenters. The van der Waals surface area contributed by atoms with Crippen LogP contribution in [0.4, 0.5) is 11.5 Å². The number of aromatic nitrogens is 4. The summed E-state index contributed by atoms with van der Waals surface area (Å²) in [6.07, 6.45) is 8.38. The predicted octanol–water partition coefficient (Wildman–Crippen LogP) is 3.18. The largest absolute Gasteiger partial charge is 0.373 e. The molecule has 0 radical (unpaired) electrons. The van der Waals surface area contributed by atoms with Gasteiger partial charge >= 0.3 is 0 Å². The second-order valence-corrected chi connectivity index (χ2v) is 8.14. The number of nitrogens with one attached hydrogen (secondary N) is 3. The normalized spacial score (nSPS) is 11.1. The van der Waals surface area contributed by atoms with Crippen molar-refractivity contribution in [2.75, 3.05) is 38.3 Å². The maximum atomic E-state index is 12.9. The van der Waals surface area contributed by atoms with Gasteiger partial charge in [0.25, 0.3) is 5.56 Å². The molecule has 9 heteroatoms. The van der Waals surface area contributed by atoms with Crippen LogP contribution in [0.25, 0.3) is 33.3 Å². The first-order valence-corrected chi connectivity index (χ1v) is 10.8. The molecule has 4 heterocycles. The molecule has 0 saturated carbocycles. The Morgan fingerprint density at radius 1 is 1.21 bits per heavy atom. The highest BCUT2D eigenvalue weighted by atomic mass is 16.2. The molecule has 0 aliphatic rings. The van der Waals surface area contributed by atoms with Gasteiger partial charge in [0, 0.05) is 67.0 Å². The van der Waals surface area contributed by atoms with Crippen LogP contribution in [0.3, 0.4) is 0 Å². The number of H-pyrrole nitrogens is 1. The highest BCUT2D eigenvalue weighted by Crippen LogP contribution is 2.32. The summed E-state index contributed by atoms with van der Waals surface area (Å²) in [5.74, 6) is 0.333. The van der Waals surface area contributed by atoms with Crippen molar-refractivity contribution in [1.82, 2.24) is 24.4 Å². The molecule has 0 fully saturated rings. The van der Waals surface area contributed by atoms with Crippen LogP contribution < -0.4 is 16.2 Å². The third-order valence-corrected chi connectivity index (χ3v) is 5.51. The molecule has 174 valence electrons. The first-order valence-electron chi connectivity index (χ1n) is 10.8. The Morgan fingerprint density at radius 3 is 2.76 bits per heavy atom. The summed E-state index contributed by atoms with van der Waals surface area (Å²) in [6.45, 7) is 4.63. The summed E-state index contributed by atoms with van der Waals surface area (Å²) < 4.78 is 1.61. The minimum absolute atomic E-state index is 0.198. The minimum Gasteiger partial charge on any atom is -0.373 e. The number of anilines is 2. The van der Waals surface area contributed by atoms with Gasteiger partial charge in [-0.3, -0.25) is 9.59 Å². The van der Waals surface area contributed by atoms with E-state index in [2.05, 4.69) is 32.2 Å². The first kappa shape index (κ1) is 22.9. The van der Waals surface area contributed by atoms with Crippen LogP contribution in [0.5, 0.6) is 0 Å². The van der Waals surface area contributed by atoms with Gasteiger partial charge in [0.05, 0.1) is 0 Å². The van der Waals surface area contributed by atoms with Crippen molar-refractivity contribution in [2.45, 2.75) is 6.54 Å². The van der Waals surface area contributed by atoms with Gasteiger partial charge in [0.1, 0.15) is 17.2 Å². The third-order valence-electron chi connectivity index (χ3n) is 5.51. The molecule has 4 aromatic rings. The summed E-state index contributed by atoms with van der Waals surface area (Å²) in [5, 5.41) is 6.63. The number of pyridine rings is 3. The molecular formula is C25H27N7O2. The van der Waals surface area contributed by atoms with Crippen LogP contribution in [0.15, 0.2) is 66.5 Å². The van der Waals surface area contributed by atoms with Gasteiger partial charge in [-0.25, -0.2) is 9.97 Å². The number of fused-ring (bicyclic) bond motifs is 1. The summed E-state index contributed by atoms with van der Waals surface area (Å²) in [7, 11) is 5.72. The minimum atomic E-state index is -0.437. The lowest BCUT2D eigenvalue weighted by molar-refractivity contribution is -0.111. The van der Waals surface area contributed by atoms with Crippen LogP contribution in [-0.4, -0.2) is 58.0 Å². The number of carbonyl (C=O) groups excluding carboxylic acids is 1. The van der Waals surface area contributed by atoms with Crippen LogP contribution in [0, 0.1) is 0 Å². The van der Waals surface area contributed by atoms with E-state index in [4.69, 9.17) is 0 Å². The predicted molar refractivity (Wildman–Crippen MR) is 136 cm³/mol. The van der Waals surface area contributed by atoms with Gasteiger partial charge in [-0.05, 0) is 50.0 Å². The van der Waals surface area contributed by atoms with E-state index in [-0.39, 0.29) is 11.2 Å². The average Bonchev–Trinajstić information content (AvgIpc) is 3.27. The quantitative estimate of drug-likeness (QED) is 0.351. The summed E-state index contributed by atoms with van der Waals surface area (Å²) in [5.41, 5.74) is 4.26. The Labute approximate surface area is 197 Å². The highest BCUT2D eigenvalue weighted by Gasteiger charge is 2.14. The molecule has 34 heavy (non-hydrogen) atoms. The number of nitrogens with zero attached hydrogens (tertiary/aromatic N) is 4. The van der Waals surface area contributed by atoms with Crippen LogP contribution in [-0.2, 0) is 11.3 Å². The molecule has 1 amide bonds. The highest BCUT2D eigenvalue weighted by molar-refractivity contribution is 5.99. The topological polar surface area (TPSA) is 108 Å². The van der Waals surface area contributed by atoms with E-state index >= 15 is 0 Å². The molecule has 4 rings (SSSR count). The summed E-state index contributed by atoms with van der Waals surface area (Å²) in [4.78, 5) is 39.0. The standard InChI is InChI=1S/C25H27N7O2/c1-5-23(33)30-21-11-18(15-32(25(21)34)9-8-31(3)4)17-10-19-20(14-29-24(19)28-13-17)16-6-7-27-22(12-16)26-2/h5-7,10-15H,1,8-9H2,2-4H3,(H,26,27)(H,28,29)(H,30,33). The first-order chi connectivity index (χ1) is 16.4. The second kappa shape index (κ2) is 9.72. The Morgan fingerprint density at radius 2 is 2.03 bits per heavy atom. The number of aromatic amines is 1. The number of likely N-dealkylation sites (N-methyl/N-ethyl adjacent to an activating group) is 1. The Hall–Kier alpha value is -4.24. The summed E-state index contributed by atoms with van der Waals surface area (Å²) in [6, 6.07) is 7.62. The number of rotatable bonds is 8. The lowest BCUT2D eigenvalue weighted by atomic mass is 10.0.